The van der Waals surface area contributed by atoms with E-state index in [1.54, 1.807) is 4.90 Å². The SMILES string of the molecule is Cc1ccc(N2CCNC(CC#N)C2=O)c(C)c1. The van der Waals surface area contributed by atoms with Crippen LogP contribution in [0.5, 0.6) is 0 Å². The molecule has 1 aliphatic rings. The molecule has 1 fully saturated rings. The molecule has 1 unspecified atom stereocenters. The predicted molar refractivity (Wildman–Crippen MR) is 70.3 cm³/mol. The highest BCUT2D eigenvalue weighted by Crippen LogP contribution is 2.23. The maximum absolute atomic E-state index is 12.3. The Bertz CT molecular complexity index is 504. The van der Waals surface area contributed by atoms with Gasteiger partial charge in [-0.2, -0.15) is 5.26 Å². The molecule has 1 heterocycles. The van der Waals surface area contributed by atoms with E-state index in [1.165, 1.54) is 5.56 Å². The number of benzene rings is 1. The molecular weight excluding hydrogens is 226 g/mol. The van der Waals surface area contributed by atoms with Crippen LogP contribution in [-0.2, 0) is 4.79 Å². The Kier molecular flexibility index (Phi) is 3.63. The van der Waals surface area contributed by atoms with Crippen molar-refractivity contribution >= 4 is 11.6 Å². The summed E-state index contributed by atoms with van der Waals surface area (Å²) in [5.74, 6) is -0.00486. The quantitative estimate of drug-likeness (QED) is 0.856. The number of hydrogen-bond donors (Lipinski definition) is 1. The summed E-state index contributed by atoms with van der Waals surface area (Å²) in [7, 11) is 0. The zero-order valence-corrected chi connectivity index (χ0v) is 10.7. The van der Waals surface area contributed by atoms with E-state index in [9.17, 15) is 4.79 Å². The number of hydrogen-bond acceptors (Lipinski definition) is 3. The van der Waals surface area contributed by atoms with Gasteiger partial charge in [0, 0.05) is 18.8 Å². The third-order valence-electron chi connectivity index (χ3n) is 3.23. The van der Waals surface area contributed by atoms with Gasteiger partial charge in [-0.3, -0.25) is 4.79 Å². The van der Waals surface area contributed by atoms with Crippen molar-refractivity contribution < 1.29 is 4.79 Å². The number of nitrogens with one attached hydrogen (secondary N) is 1. The van der Waals surface area contributed by atoms with Gasteiger partial charge in [0.15, 0.2) is 0 Å². The van der Waals surface area contributed by atoms with Gasteiger partial charge in [0.1, 0.15) is 6.04 Å². The van der Waals surface area contributed by atoms with Crippen LogP contribution >= 0.6 is 0 Å². The normalized spacial score (nSPS) is 19.7. The van der Waals surface area contributed by atoms with Crippen LogP contribution in [0.4, 0.5) is 5.69 Å². The summed E-state index contributed by atoms with van der Waals surface area (Å²) in [6.07, 6.45) is 0.222. The highest BCUT2D eigenvalue weighted by atomic mass is 16.2. The zero-order chi connectivity index (χ0) is 13.1. The number of anilines is 1. The van der Waals surface area contributed by atoms with Crippen molar-refractivity contribution in [2.75, 3.05) is 18.0 Å². The number of piperazine rings is 1. The fraction of sp³-hybridized carbons (Fsp3) is 0.429. The molecule has 1 aromatic carbocycles. The molecule has 0 saturated carbocycles. The fourth-order valence-electron chi connectivity index (χ4n) is 2.33. The molecule has 2 rings (SSSR count). The molecule has 4 heteroatoms. The summed E-state index contributed by atoms with van der Waals surface area (Å²) in [6.45, 7) is 5.43. The first-order valence-corrected chi connectivity index (χ1v) is 6.12. The summed E-state index contributed by atoms with van der Waals surface area (Å²) in [5.41, 5.74) is 3.24. The second-order valence-electron chi connectivity index (χ2n) is 4.65. The Morgan fingerprint density at radius 3 is 2.94 bits per heavy atom. The van der Waals surface area contributed by atoms with Crippen molar-refractivity contribution in [2.45, 2.75) is 26.3 Å². The van der Waals surface area contributed by atoms with E-state index in [1.807, 2.05) is 26.0 Å². The molecule has 0 spiro atoms. The van der Waals surface area contributed by atoms with Gasteiger partial charge >= 0.3 is 0 Å². The largest absolute Gasteiger partial charge is 0.309 e. The number of nitriles is 1. The minimum Gasteiger partial charge on any atom is -0.309 e. The lowest BCUT2D eigenvalue weighted by atomic mass is 10.1. The molecule has 0 bridgehead atoms. The van der Waals surface area contributed by atoms with E-state index in [4.69, 9.17) is 5.26 Å². The van der Waals surface area contributed by atoms with Crippen LogP contribution in [-0.4, -0.2) is 25.0 Å². The summed E-state index contributed by atoms with van der Waals surface area (Å²) < 4.78 is 0. The molecule has 0 radical (unpaired) electrons. The van der Waals surface area contributed by atoms with E-state index in [2.05, 4.69) is 17.5 Å². The molecule has 1 saturated heterocycles. The second kappa shape index (κ2) is 5.19. The Balaban J connectivity index is 2.27. The van der Waals surface area contributed by atoms with E-state index in [0.29, 0.717) is 6.54 Å². The lowest BCUT2D eigenvalue weighted by Gasteiger charge is -2.33. The first kappa shape index (κ1) is 12.6. The molecule has 18 heavy (non-hydrogen) atoms. The number of aryl methyl sites for hydroxylation is 2. The summed E-state index contributed by atoms with van der Waals surface area (Å²) in [5, 5.41) is 11.8. The van der Waals surface area contributed by atoms with E-state index in [-0.39, 0.29) is 18.4 Å². The molecule has 1 N–H and O–H groups in total. The Morgan fingerprint density at radius 1 is 1.50 bits per heavy atom. The number of amides is 1. The molecule has 0 aromatic heterocycles. The number of carbonyl (C=O) groups is 1. The summed E-state index contributed by atoms with van der Waals surface area (Å²) >= 11 is 0. The van der Waals surface area contributed by atoms with Gasteiger partial charge in [-0.25, -0.2) is 0 Å². The van der Waals surface area contributed by atoms with Gasteiger partial charge in [0.2, 0.25) is 5.91 Å². The molecule has 1 amide bonds. The topological polar surface area (TPSA) is 56.1 Å². The first-order chi connectivity index (χ1) is 8.63. The summed E-state index contributed by atoms with van der Waals surface area (Å²) in [4.78, 5) is 14.1. The van der Waals surface area contributed by atoms with Crippen molar-refractivity contribution in [3.63, 3.8) is 0 Å². The van der Waals surface area contributed by atoms with Crippen LogP contribution in [0.1, 0.15) is 17.5 Å². The summed E-state index contributed by atoms with van der Waals surface area (Å²) in [6, 6.07) is 7.75. The zero-order valence-electron chi connectivity index (χ0n) is 10.7. The average molecular weight is 243 g/mol. The predicted octanol–water partition coefficient (Wildman–Crippen LogP) is 1.52. The number of carbonyl (C=O) groups excluding carboxylic acids is 1. The third kappa shape index (κ3) is 2.36. The molecular formula is C14H17N3O. The van der Waals surface area contributed by atoms with Gasteiger partial charge in [-0.15, -0.1) is 0 Å². The van der Waals surface area contributed by atoms with Gasteiger partial charge in [0.25, 0.3) is 0 Å². The van der Waals surface area contributed by atoms with Crippen molar-refractivity contribution in [3.05, 3.63) is 29.3 Å². The minimum atomic E-state index is -0.371. The smallest absolute Gasteiger partial charge is 0.245 e. The lowest BCUT2D eigenvalue weighted by molar-refractivity contribution is -0.121. The van der Waals surface area contributed by atoms with Crippen LogP contribution in [0.15, 0.2) is 18.2 Å². The Morgan fingerprint density at radius 2 is 2.28 bits per heavy atom. The van der Waals surface area contributed by atoms with Crippen LogP contribution < -0.4 is 10.2 Å². The van der Waals surface area contributed by atoms with E-state index in [0.717, 1.165) is 17.8 Å². The molecule has 4 nitrogen and oxygen atoms in total. The average Bonchev–Trinajstić information content (AvgIpc) is 2.33. The third-order valence-corrected chi connectivity index (χ3v) is 3.23. The molecule has 1 aliphatic heterocycles. The number of rotatable bonds is 2. The van der Waals surface area contributed by atoms with Gasteiger partial charge in [-0.1, -0.05) is 17.7 Å². The van der Waals surface area contributed by atoms with Crippen molar-refractivity contribution in [1.29, 1.82) is 5.26 Å². The maximum atomic E-state index is 12.3. The fourth-order valence-corrected chi connectivity index (χ4v) is 2.33. The van der Waals surface area contributed by atoms with Crippen LogP contribution in [0.2, 0.25) is 0 Å². The molecule has 94 valence electrons. The van der Waals surface area contributed by atoms with Gasteiger partial charge in [-0.05, 0) is 25.5 Å². The maximum Gasteiger partial charge on any atom is 0.245 e. The standard InChI is InChI=1S/C14H17N3O/c1-10-3-4-13(11(2)9-10)17-8-7-16-12(5-6-15)14(17)18/h3-4,9,12,16H,5,7-8H2,1-2H3. The molecule has 1 aromatic rings. The van der Waals surface area contributed by atoms with E-state index >= 15 is 0 Å². The van der Waals surface area contributed by atoms with Crippen LogP contribution in [0.25, 0.3) is 0 Å². The highest BCUT2D eigenvalue weighted by Gasteiger charge is 2.29. The Labute approximate surface area is 107 Å². The second-order valence-corrected chi connectivity index (χ2v) is 4.65. The van der Waals surface area contributed by atoms with Crippen molar-refractivity contribution in [3.8, 4) is 6.07 Å². The molecule has 1 atom stereocenters. The van der Waals surface area contributed by atoms with Crippen molar-refractivity contribution in [1.82, 2.24) is 5.32 Å². The lowest BCUT2D eigenvalue weighted by Crippen LogP contribution is -2.55. The van der Waals surface area contributed by atoms with Gasteiger partial charge in [0.05, 0.1) is 12.5 Å². The monoisotopic (exact) mass is 243 g/mol. The minimum absolute atomic E-state index is 0.00486. The van der Waals surface area contributed by atoms with Gasteiger partial charge < -0.3 is 10.2 Å². The van der Waals surface area contributed by atoms with Crippen molar-refractivity contribution in [2.24, 2.45) is 0 Å². The van der Waals surface area contributed by atoms with Crippen LogP contribution in [0.3, 0.4) is 0 Å². The molecule has 0 aliphatic carbocycles. The Hall–Kier alpha value is -1.86. The number of nitrogens with zero attached hydrogens (tertiary/aromatic N) is 2. The first-order valence-electron chi connectivity index (χ1n) is 6.12. The highest BCUT2D eigenvalue weighted by molar-refractivity contribution is 5.98. The van der Waals surface area contributed by atoms with Crippen LogP contribution in [0, 0.1) is 25.2 Å². The van der Waals surface area contributed by atoms with E-state index < -0.39 is 0 Å².